The van der Waals surface area contributed by atoms with Crippen LogP contribution < -0.4 is 10.6 Å². The number of alkyl halides is 3. The zero-order valence-electron chi connectivity index (χ0n) is 10.1. The summed E-state index contributed by atoms with van der Waals surface area (Å²) in [5.41, 5.74) is 0. The monoisotopic (exact) mass is 264 g/mol. The molecule has 1 heterocycles. The van der Waals surface area contributed by atoms with Crippen molar-refractivity contribution in [3.05, 3.63) is 18.2 Å². The van der Waals surface area contributed by atoms with Gasteiger partial charge in [-0.05, 0) is 6.92 Å². The number of hydrogen-bond donors (Lipinski definition) is 2. The van der Waals surface area contributed by atoms with Crippen molar-refractivity contribution in [3.63, 3.8) is 0 Å². The van der Waals surface area contributed by atoms with Gasteiger partial charge in [0.2, 0.25) is 5.91 Å². The maximum absolute atomic E-state index is 11.9. The van der Waals surface area contributed by atoms with Gasteiger partial charge in [-0.3, -0.25) is 10.1 Å². The van der Waals surface area contributed by atoms with Crippen LogP contribution in [0.4, 0.5) is 13.2 Å². The summed E-state index contributed by atoms with van der Waals surface area (Å²) in [5, 5.41) is 4.61. The molecule has 1 amide bonds. The Hall–Kier alpha value is -1.57. The Morgan fingerprint density at radius 3 is 2.72 bits per heavy atom. The molecule has 0 aliphatic carbocycles. The van der Waals surface area contributed by atoms with Crippen molar-refractivity contribution in [1.29, 1.82) is 0 Å². The zero-order chi connectivity index (χ0) is 13.8. The molecule has 0 saturated heterocycles. The summed E-state index contributed by atoms with van der Waals surface area (Å²) in [6, 6.07) is -0.718. The topological polar surface area (TPSA) is 59.0 Å². The lowest BCUT2D eigenvalue weighted by atomic mass is 10.3. The van der Waals surface area contributed by atoms with E-state index in [1.165, 1.54) is 6.92 Å². The number of carbonyl (C=O) groups excluding carboxylic acids is 1. The van der Waals surface area contributed by atoms with Crippen LogP contribution in [0.2, 0.25) is 0 Å². The Kier molecular flexibility index (Phi) is 4.71. The molecule has 2 N–H and O–H groups in total. The van der Waals surface area contributed by atoms with Crippen molar-refractivity contribution < 1.29 is 18.0 Å². The van der Waals surface area contributed by atoms with Crippen LogP contribution in [0.15, 0.2) is 12.4 Å². The number of rotatable bonds is 5. The number of aromatic nitrogens is 2. The summed E-state index contributed by atoms with van der Waals surface area (Å²) in [4.78, 5) is 15.4. The summed E-state index contributed by atoms with van der Waals surface area (Å²) in [6.07, 6.45) is -1.05. The van der Waals surface area contributed by atoms with Crippen molar-refractivity contribution in [2.24, 2.45) is 7.05 Å². The molecule has 0 aliphatic heterocycles. The van der Waals surface area contributed by atoms with Gasteiger partial charge in [0, 0.05) is 19.4 Å². The first-order valence-electron chi connectivity index (χ1n) is 5.33. The third-order valence-corrected chi connectivity index (χ3v) is 2.34. The Labute approximate surface area is 102 Å². The molecule has 1 aromatic heterocycles. The lowest BCUT2D eigenvalue weighted by molar-refractivity contribution is -0.139. The van der Waals surface area contributed by atoms with Gasteiger partial charge in [-0.25, -0.2) is 4.98 Å². The SMILES string of the molecule is CC(NCc1nccn1C)C(=O)NCC(F)(F)F. The van der Waals surface area contributed by atoms with Crippen molar-refractivity contribution in [2.45, 2.75) is 25.7 Å². The van der Waals surface area contributed by atoms with E-state index in [2.05, 4.69) is 10.3 Å². The Morgan fingerprint density at radius 2 is 2.22 bits per heavy atom. The largest absolute Gasteiger partial charge is 0.405 e. The molecule has 1 atom stereocenters. The van der Waals surface area contributed by atoms with E-state index in [0.29, 0.717) is 12.4 Å². The van der Waals surface area contributed by atoms with E-state index in [1.54, 1.807) is 24.0 Å². The first kappa shape index (κ1) is 14.5. The van der Waals surface area contributed by atoms with Crippen molar-refractivity contribution >= 4 is 5.91 Å². The number of hydrogen-bond acceptors (Lipinski definition) is 3. The Morgan fingerprint density at radius 1 is 1.56 bits per heavy atom. The Bertz CT molecular complexity index is 402. The number of halogens is 3. The van der Waals surface area contributed by atoms with Crippen LogP contribution in [0.5, 0.6) is 0 Å². The number of amides is 1. The number of aryl methyl sites for hydroxylation is 1. The molecule has 1 rings (SSSR count). The fourth-order valence-electron chi connectivity index (χ4n) is 1.24. The fourth-order valence-corrected chi connectivity index (χ4v) is 1.24. The maximum Gasteiger partial charge on any atom is 0.405 e. The molecule has 1 unspecified atom stereocenters. The summed E-state index contributed by atoms with van der Waals surface area (Å²) in [6.45, 7) is 0.485. The summed E-state index contributed by atoms with van der Waals surface area (Å²) >= 11 is 0. The highest BCUT2D eigenvalue weighted by Gasteiger charge is 2.28. The summed E-state index contributed by atoms with van der Waals surface area (Å²) < 4.78 is 37.4. The second-order valence-corrected chi connectivity index (χ2v) is 3.89. The lowest BCUT2D eigenvalue weighted by Gasteiger charge is -2.14. The summed E-state index contributed by atoms with van der Waals surface area (Å²) in [5.74, 6) is 0.00649. The van der Waals surface area contributed by atoms with Gasteiger partial charge in [0.15, 0.2) is 0 Å². The Balaban J connectivity index is 2.34. The van der Waals surface area contributed by atoms with Gasteiger partial charge in [-0.15, -0.1) is 0 Å². The fraction of sp³-hybridized carbons (Fsp3) is 0.600. The van der Waals surface area contributed by atoms with E-state index < -0.39 is 24.7 Å². The quantitative estimate of drug-likeness (QED) is 0.817. The van der Waals surface area contributed by atoms with Crippen molar-refractivity contribution in [2.75, 3.05) is 6.54 Å². The van der Waals surface area contributed by atoms with Crippen LogP contribution in [0.3, 0.4) is 0 Å². The molecule has 1 aromatic rings. The highest BCUT2D eigenvalue weighted by atomic mass is 19.4. The molecule has 0 spiro atoms. The minimum Gasteiger partial charge on any atom is -0.346 e. The standard InChI is InChI=1S/C10H15F3N4O/c1-7(9(18)16-6-10(11,12)13)15-5-8-14-3-4-17(8)2/h3-4,7,15H,5-6H2,1-2H3,(H,16,18). The zero-order valence-corrected chi connectivity index (χ0v) is 10.1. The molecule has 102 valence electrons. The van der Waals surface area contributed by atoms with Crippen LogP contribution in [0.25, 0.3) is 0 Å². The smallest absolute Gasteiger partial charge is 0.346 e. The van der Waals surface area contributed by atoms with Gasteiger partial charge in [0.05, 0.1) is 12.6 Å². The summed E-state index contributed by atoms with van der Waals surface area (Å²) in [7, 11) is 1.79. The van der Waals surface area contributed by atoms with Gasteiger partial charge in [-0.1, -0.05) is 0 Å². The second-order valence-electron chi connectivity index (χ2n) is 3.89. The molecule has 0 aliphatic rings. The van der Waals surface area contributed by atoms with E-state index in [-0.39, 0.29) is 0 Å². The van der Waals surface area contributed by atoms with Gasteiger partial charge in [-0.2, -0.15) is 13.2 Å². The lowest BCUT2D eigenvalue weighted by Crippen LogP contribution is -2.45. The highest BCUT2D eigenvalue weighted by molar-refractivity contribution is 5.81. The molecule has 0 aromatic carbocycles. The molecule has 0 radical (unpaired) electrons. The molecular weight excluding hydrogens is 249 g/mol. The van der Waals surface area contributed by atoms with Crippen LogP contribution in [0.1, 0.15) is 12.7 Å². The van der Waals surface area contributed by atoms with Gasteiger partial charge in [0.25, 0.3) is 0 Å². The van der Waals surface area contributed by atoms with Gasteiger partial charge < -0.3 is 9.88 Å². The van der Waals surface area contributed by atoms with Crippen molar-refractivity contribution in [3.8, 4) is 0 Å². The van der Waals surface area contributed by atoms with E-state index >= 15 is 0 Å². The van der Waals surface area contributed by atoms with Crippen LogP contribution in [-0.2, 0) is 18.4 Å². The minimum absolute atomic E-state index is 0.310. The first-order valence-corrected chi connectivity index (χ1v) is 5.33. The molecule has 0 fully saturated rings. The molecule has 8 heteroatoms. The number of nitrogens with zero attached hydrogens (tertiary/aromatic N) is 2. The highest BCUT2D eigenvalue weighted by Crippen LogP contribution is 2.12. The van der Waals surface area contributed by atoms with E-state index in [0.717, 1.165) is 0 Å². The molecule has 18 heavy (non-hydrogen) atoms. The van der Waals surface area contributed by atoms with Gasteiger partial charge >= 0.3 is 6.18 Å². The minimum atomic E-state index is -4.39. The van der Waals surface area contributed by atoms with Crippen LogP contribution in [-0.4, -0.2) is 34.2 Å². The number of nitrogens with one attached hydrogen (secondary N) is 2. The van der Waals surface area contributed by atoms with Crippen LogP contribution in [0, 0.1) is 0 Å². The van der Waals surface area contributed by atoms with E-state index in [4.69, 9.17) is 0 Å². The third-order valence-electron chi connectivity index (χ3n) is 2.34. The number of imidazole rings is 1. The van der Waals surface area contributed by atoms with Gasteiger partial charge in [0.1, 0.15) is 12.4 Å². The molecule has 0 saturated carbocycles. The predicted molar refractivity (Wildman–Crippen MR) is 58.6 cm³/mol. The molecule has 0 bridgehead atoms. The van der Waals surface area contributed by atoms with Crippen LogP contribution >= 0.6 is 0 Å². The molecular formula is C10H15F3N4O. The predicted octanol–water partition coefficient (Wildman–Crippen LogP) is 0.577. The second kappa shape index (κ2) is 5.85. The first-order chi connectivity index (χ1) is 8.29. The molecule has 5 nitrogen and oxygen atoms in total. The normalized spacial score (nSPS) is 13.4. The average molecular weight is 264 g/mol. The van der Waals surface area contributed by atoms with E-state index in [1.807, 2.05) is 5.32 Å². The number of carbonyl (C=O) groups is 1. The van der Waals surface area contributed by atoms with E-state index in [9.17, 15) is 18.0 Å². The maximum atomic E-state index is 11.9. The third kappa shape index (κ3) is 4.74. The van der Waals surface area contributed by atoms with Crippen molar-refractivity contribution in [1.82, 2.24) is 20.2 Å². The average Bonchev–Trinajstić information content (AvgIpc) is 2.67.